The third-order valence-electron chi connectivity index (χ3n) is 6.73. The van der Waals surface area contributed by atoms with Crippen LogP contribution in [-0.4, -0.2) is 64.4 Å². The van der Waals surface area contributed by atoms with Gasteiger partial charge in [0.25, 0.3) is 0 Å². The van der Waals surface area contributed by atoms with Crippen LogP contribution in [0.3, 0.4) is 0 Å². The highest BCUT2D eigenvalue weighted by Gasteiger charge is 2.30. The SMILES string of the molecule is COC1=CC(OCc2sc(-c3ccc(C(F)(F)F)cc3)nc2CCCN2CCSCC2)CC=C1c1noc(=O)[nH]1. The topological polar surface area (TPSA) is 93.5 Å². The Labute approximate surface area is 237 Å². The molecule has 1 aliphatic heterocycles. The maximum absolute atomic E-state index is 13.1. The van der Waals surface area contributed by atoms with E-state index in [0.29, 0.717) is 34.9 Å². The Morgan fingerprint density at radius 3 is 2.65 bits per heavy atom. The molecule has 0 radical (unpaired) electrons. The van der Waals surface area contributed by atoms with Crippen LogP contribution >= 0.6 is 23.1 Å². The van der Waals surface area contributed by atoms with Crippen molar-refractivity contribution in [2.75, 3.05) is 38.2 Å². The van der Waals surface area contributed by atoms with Crippen LogP contribution in [0.1, 0.15) is 34.8 Å². The molecule has 1 unspecified atom stereocenters. The number of aryl methyl sites for hydroxylation is 1. The van der Waals surface area contributed by atoms with E-state index in [2.05, 4.69) is 19.6 Å². The third kappa shape index (κ3) is 7.06. The van der Waals surface area contributed by atoms with Gasteiger partial charge in [0.1, 0.15) is 10.8 Å². The summed E-state index contributed by atoms with van der Waals surface area (Å²) < 4.78 is 55.5. The van der Waals surface area contributed by atoms with Crippen LogP contribution < -0.4 is 5.76 Å². The molecule has 40 heavy (non-hydrogen) atoms. The molecule has 2 aliphatic rings. The second-order valence-corrected chi connectivity index (χ2v) is 11.7. The minimum absolute atomic E-state index is 0.285. The molecule has 1 atom stereocenters. The number of benzene rings is 1. The van der Waals surface area contributed by atoms with Crippen molar-refractivity contribution in [2.45, 2.75) is 38.1 Å². The molecular weight excluding hydrogens is 565 g/mol. The van der Waals surface area contributed by atoms with Gasteiger partial charge in [-0.15, -0.1) is 11.3 Å². The first kappa shape index (κ1) is 28.7. The summed E-state index contributed by atoms with van der Waals surface area (Å²) in [6.45, 7) is 3.45. The van der Waals surface area contributed by atoms with Crippen molar-refractivity contribution in [2.24, 2.45) is 0 Å². The van der Waals surface area contributed by atoms with E-state index >= 15 is 0 Å². The van der Waals surface area contributed by atoms with Gasteiger partial charge in [0.15, 0.2) is 5.82 Å². The molecule has 1 N–H and O–H groups in total. The van der Waals surface area contributed by atoms with E-state index < -0.39 is 17.5 Å². The number of aromatic amines is 1. The smallest absolute Gasteiger partial charge is 0.439 e. The average molecular weight is 595 g/mol. The van der Waals surface area contributed by atoms with E-state index in [9.17, 15) is 18.0 Å². The fraction of sp³-hybridized carbons (Fsp3) is 0.444. The number of halogens is 3. The lowest BCUT2D eigenvalue weighted by Crippen LogP contribution is -2.33. The van der Waals surface area contributed by atoms with Gasteiger partial charge in [0.2, 0.25) is 0 Å². The Morgan fingerprint density at radius 1 is 1.20 bits per heavy atom. The Bertz CT molecular complexity index is 1410. The number of rotatable bonds is 10. The van der Waals surface area contributed by atoms with Crippen LogP contribution in [0.4, 0.5) is 13.2 Å². The zero-order valence-electron chi connectivity index (χ0n) is 21.8. The van der Waals surface area contributed by atoms with Gasteiger partial charge in [0.05, 0.1) is 41.5 Å². The Morgan fingerprint density at radius 2 is 1.98 bits per heavy atom. The van der Waals surface area contributed by atoms with E-state index in [4.69, 9.17) is 14.5 Å². The highest BCUT2D eigenvalue weighted by Crippen LogP contribution is 2.34. The van der Waals surface area contributed by atoms with Gasteiger partial charge in [-0.3, -0.25) is 9.51 Å². The van der Waals surface area contributed by atoms with Crippen LogP contribution in [0, 0.1) is 0 Å². The molecule has 8 nitrogen and oxygen atoms in total. The second-order valence-electron chi connectivity index (χ2n) is 9.40. The van der Waals surface area contributed by atoms with Gasteiger partial charge in [-0.25, -0.2) is 9.78 Å². The fourth-order valence-corrected chi connectivity index (χ4v) is 6.62. The fourth-order valence-electron chi connectivity index (χ4n) is 4.61. The number of alkyl halides is 3. The summed E-state index contributed by atoms with van der Waals surface area (Å²) in [5, 5.41) is 4.41. The van der Waals surface area contributed by atoms with E-state index in [1.807, 2.05) is 23.9 Å². The van der Waals surface area contributed by atoms with E-state index in [1.54, 1.807) is 0 Å². The van der Waals surface area contributed by atoms with E-state index in [-0.39, 0.29) is 11.9 Å². The molecule has 0 spiro atoms. The first-order valence-corrected chi connectivity index (χ1v) is 14.9. The minimum Gasteiger partial charge on any atom is -0.496 e. The molecule has 0 saturated carbocycles. The first-order chi connectivity index (χ1) is 19.3. The number of methoxy groups -OCH3 is 1. The Hall–Kier alpha value is -2.87. The lowest BCUT2D eigenvalue weighted by atomic mass is 10.0. The van der Waals surface area contributed by atoms with Crippen molar-refractivity contribution in [3.63, 3.8) is 0 Å². The molecule has 1 aliphatic carbocycles. The largest absolute Gasteiger partial charge is 0.496 e. The summed E-state index contributed by atoms with van der Waals surface area (Å²) >= 11 is 3.42. The van der Waals surface area contributed by atoms with Crippen LogP contribution in [0.5, 0.6) is 0 Å². The van der Waals surface area contributed by atoms with Gasteiger partial charge in [0, 0.05) is 30.2 Å². The van der Waals surface area contributed by atoms with Crippen molar-refractivity contribution in [1.29, 1.82) is 0 Å². The highest BCUT2D eigenvalue weighted by atomic mass is 32.2. The maximum Gasteiger partial charge on any atom is 0.439 e. The molecule has 214 valence electrons. The van der Waals surface area contributed by atoms with Gasteiger partial charge in [-0.2, -0.15) is 24.9 Å². The predicted molar refractivity (Wildman–Crippen MR) is 148 cm³/mol. The lowest BCUT2D eigenvalue weighted by Gasteiger charge is -2.25. The number of thiazole rings is 1. The third-order valence-corrected chi connectivity index (χ3v) is 8.79. The van der Waals surface area contributed by atoms with Gasteiger partial charge in [-0.1, -0.05) is 23.4 Å². The number of hydrogen-bond donors (Lipinski definition) is 1. The van der Waals surface area contributed by atoms with Gasteiger partial charge >= 0.3 is 11.9 Å². The standard InChI is InChI=1S/C27H29F3N4O4S2/c1-36-22-15-19(8-9-20(22)24-32-26(35)38-33-24)37-16-23-21(3-2-10-34-11-13-39-14-12-34)31-25(40-23)17-4-6-18(7-5-17)27(28,29)30/h4-7,9,15,19H,2-3,8,10-14,16H2,1H3,(H,32,33,35). The zero-order valence-corrected chi connectivity index (χ0v) is 23.5. The van der Waals surface area contributed by atoms with Crippen LogP contribution in [0.15, 0.2) is 51.5 Å². The quantitative estimate of drug-likeness (QED) is 0.334. The molecule has 13 heteroatoms. The first-order valence-electron chi connectivity index (χ1n) is 12.9. The summed E-state index contributed by atoms with van der Waals surface area (Å²) in [5.41, 5.74) is 1.49. The number of nitrogens with one attached hydrogen (secondary N) is 1. The number of thioether (sulfide) groups is 1. The molecule has 3 heterocycles. The van der Waals surface area contributed by atoms with Crippen molar-refractivity contribution < 1.29 is 27.2 Å². The van der Waals surface area contributed by atoms with E-state index in [1.165, 1.54) is 30.6 Å². The maximum atomic E-state index is 13.1. The number of allylic oxidation sites excluding steroid dienone is 1. The van der Waals surface area contributed by atoms with Gasteiger partial charge < -0.3 is 14.4 Å². The van der Waals surface area contributed by atoms with E-state index in [0.717, 1.165) is 66.7 Å². The molecule has 3 aromatic rings. The summed E-state index contributed by atoms with van der Waals surface area (Å²) in [4.78, 5) is 22.1. The lowest BCUT2D eigenvalue weighted by molar-refractivity contribution is -0.137. The number of H-pyrrole nitrogens is 1. The minimum atomic E-state index is -4.38. The summed E-state index contributed by atoms with van der Waals surface area (Å²) in [6.07, 6.45) is 1.25. The molecule has 5 rings (SSSR count). The summed E-state index contributed by atoms with van der Waals surface area (Å²) in [6, 6.07) is 5.12. The molecule has 0 amide bonds. The molecule has 1 saturated heterocycles. The number of hydrogen-bond acceptors (Lipinski definition) is 9. The molecule has 1 aromatic carbocycles. The Kier molecular flexibility index (Phi) is 9.13. The van der Waals surface area contributed by atoms with Crippen molar-refractivity contribution in [3.8, 4) is 10.6 Å². The predicted octanol–water partition coefficient (Wildman–Crippen LogP) is 5.39. The molecule has 0 bridgehead atoms. The van der Waals surface area contributed by atoms with Crippen molar-refractivity contribution >= 4 is 28.7 Å². The van der Waals surface area contributed by atoms with Crippen molar-refractivity contribution in [3.05, 3.63) is 74.7 Å². The van der Waals surface area contributed by atoms with Crippen LogP contribution in [-0.2, 0) is 28.7 Å². The normalized spacial score (nSPS) is 18.4. The number of ether oxygens (including phenoxy) is 2. The Balaban J connectivity index is 1.30. The summed E-state index contributed by atoms with van der Waals surface area (Å²) in [7, 11) is 1.53. The van der Waals surface area contributed by atoms with Crippen LogP contribution in [0.25, 0.3) is 16.1 Å². The second kappa shape index (κ2) is 12.8. The summed E-state index contributed by atoms with van der Waals surface area (Å²) in [5.74, 6) is 2.44. The van der Waals surface area contributed by atoms with Gasteiger partial charge in [-0.05, 0) is 44.0 Å². The molecular formula is C27H29F3N4O4S2. The molecule has 1 fully saturated rings. The zero-order chi connectivity index (χ0) is 28.1. The van der Waals surface area contributed by atoms with Crippen LogP contribution in [0.2, 0.25) is 0 Å². The highest BCUT2D eigenvalue weighted by molar-refractivity contribution is 7.99. The van der Waals surface area contributed by atoms with Crippen molar-refractivity contribution in [1.82, 2.24) is 20.0 Å². The monoisotopic (exact) mass is 594 g/mol. The molecule has 2 aromatic heterocycles. The number of nitrogens with zero attached hydrogens (tertiary/aromatic N) is 3. The number of aromatic nitrogens is 3. The average Bonchev–Trinajstić information content (AvgIpc) is 3.58.